The van der Waals surface area contributed by atoms with Gasteiger partial charge >= 0.3 is 5.97 Å². The molecule has 2 spiro atoms. The highest BCUT2D eigenvalue weighted by molar-refractivity contribution is 5.89. The lowest BCUT2D eigenvalue weighted by Gasteiger charge is -2.70. The normalized spacial score (nSPS) is 51.7. The average Bonchev–Trinajstić information content (AvgIpc) is 3.18. The number of hydrogen-bond donors (Lipinski definition) is 2. The van der Waals surface area contributed by atoms with Crippen molar-refractivity contribution >= 4 is 5.97 Å². The van der Waals surface area contributed by atoms with Crippen LogP contribution in [0.4, 0.5) is 0 Å². The molecule has 0 radical (unpaired) electrons. The Morgan fingerprint density at radius 2 is 1.94 bits per heavy atom. The predicted molar refractivity (Wildman–Crippen MR) is 132 cm³/mol. The van der Waals surface area contributed by atoms with Crippen LogP contribution in [0.15, 0.2) is 42.5 Å². The van der Waals surface area contributed by atoms with Crippen LogP contribution < -0.4 is 0 Å². The molecule has 188 valence electrons. The van der Waals surface area contributed by atoms with Gasteiger partial charge in [-0.25, -0.2) is 4.79 Å². The molecule has 1 aliphatic heterocycles. The van der Waals surface area contributed by atoms with Crippen molar-refractivity contribution in [1.82, 2.24) is 4.90 Å². The minimum atomic E-state index is -0.568. The van der Waals surface area contributed by atoms with E-state index >= 15 is 0 Å². The number of ether oxygens (including phenoxy) is 1. The zero-order chi connectivity index (χ0) is 24.3. The molecule has 2 N–H and O–H groups in total. The second-order valence-corrected chi connectivity index (χ2v) is 13.1. The molecule has 1 saturated heterocycles. The summed E-state index contributed by atoms with van der Waals surface area (Å²) in [4.78, 5) is 16.1. The summed E-state index contributed by atoms with van der Waals surface area (Å²) in [5, 5.41) is 23.0. The van der Waals surface area contributed by atoms with E-state index in [1.54, 1.807) is 0 Å². The highest BCUT2D eigenvalue weighted by Crippen LogP contribution is 2.79. The molecule has 0 aromatic heterocycles. The number of carbonyl (C=O) groups is 1. The van der Waals surface area contributed by atoms with E-state index in [9.17, 15) is 15.0 Å². The van der Waals surface area contributed by atoms with Crippen LogP contribution in [0.25, 0.3) is 0 Å². The van der Waals surface area contributed by atoms with Crippen molar-refractivity contribution in [2.24, 2.45) is 39.9 Å². The zero-order valence-electron chi connectivity index (χ0n) is 21.0. The van der Waals surface area contributed by atoms with Gasteiger partial charge in [0.1, 0.15) is 6.10 Å². The van der Waals surface area contributed by atoms with Gasteiger partial charge < -0.3 is 14.9 Å². The van der Waals surface area contributed by atoms with Crippen LogP contribution in [-0.4, -0.2) is 58.5 Å². The van der Waals surface area contributed by atoms with Crippen LogP contribution in [-0.2, 0) is 4.74 Å². The molecule has 5 aliphatic carbocycles. The number of rotatable bonds is 3. The highest BCUT2D eigenvalue weighted by atomic mass is 16.5. The second kappa shape index (κ2) is 7.20. The highest BCUT2D eigenvalue weighted by Gasteiger charge is 2.80. The minimum absolute atomic E-state index is 0.00226. The Bertz CT molecular complexity index is 1070. The maximum atomic E-state index is 13.4. The Morgan fingerprint density at radius 3 is 2.69 bits per heavy atom. The maximum Gasteiger partial charge on any atom is 0.338 e. The minimum Gasteiger partial charge on any atom is -0.458 e. The number of aliphatic hydroxyl groups is 2. The Labute approximate surface area is 208 Å². The third-order valence-corrected chi connectivity index (χ3v) is 12.0. The lowest BCUT2D eigenvalue weighted by Crippen LogP contribution is -2.74. The van der Waals surface area contributed by atoms with Gasteiger partial charge in [0.2, 0.25) is 0 Å². The first-order valence-corrected chi connectivity index (χ1v) is 13.8. The van der Waals surface area contributed by atoms with E-state index in [-0.39, 0.29) is 40.2 Å². The number of carbonyl (C=O) groups excluding carboxylic acids is 1. The summed E-state index contributed by atoms with van der Waals surface area (Å²) in [5.74, 6) is 0.836. The summed E-state index contributed by atoms with van der Waals surface area (Å²) >= 11 is 0. The van der Waals surface area contributed by atoms with Crippen molar-refractivity contribution in [3.63, 3.8) is 0 Å². The van der Waals surface area contributed by atoms with Crippen molar-refractivity contribution in [1.29, 1.82) is 0 Å². The topological polar surface area (TPSA) is 70.0 Å². The summed E-state index contributed by atoms with van der Waals surface area (Å²) in [6, 6.07) is 9.72. The molecule has 1 aromatic rings. The van der Waals surface area contributed by atoms with E-state index in [1.807, 2.05) is 30.3 Å². The molecule has 8 unspecified atom stereocenters. The van der Waals surface area contributed by atoms with Gasteiger partial charge in [-0.15, -0.1) is 0 Å². The molecule has 6 aliphatic rings. The van der Waals surface area contributed by atoms with Gasteiger partial charge in [-0.3, -0.25) is 4.90 Å². The molecular weight excluding hydrogens is 438 g/mol. The molecule has 7 rings (SSSR count). The molecular formula is C30H39NO4. The Hall–Kier alpha value is -1.69. The Balaban J connectivity index is 1.40. The molecule has 0 amide bonds. The number of fused-ring (bicyclic) bond motifs is 1. The van der Waals surface area contributed by atoms with Crippen molar-refractivity contribution in [3.8, 4) is 0 Å². The van der Waals surface area contributed by atoms with E-state index in [0.29, 0.717) is 29.9 Å². The average molecular weight is 478 g/mol. The molecule has 5 saturated carbocycles. The monoisotopic (exact) mass is 477 g/mol. The quantitative estimate of drug-likeness (QED) is 0.508. The van der Waals surface area contributed by atoms with Crippen LogP contribution in [0.5, 0.6) is 0 Å². The summed E-state index contributed by atoms with van der Waals surface area (Å²) in [5.41, 5.74) is 1.14. The second-order valence-electron chi connectivity index (χ2n) is 13.1. The molecule has 5 heteroatoms. The molecule has 1 heterocycles. The van der Waals surface area contributed by atoms with Gasteiger partial charge in [0.05, 0.1) is 17.8 Å². The fourth-order valence-corrected chi connectivity index (χ4v) is 11.0. The van der Waals surface area contributed by atoms with E-state index in [4.69, 9.17) is 4.74 Å². The summed E-state index contributed by atoms with van der Waals surface area (Å²) in [6.07, 6.45) is 4.38. The Morgan fingerprint density at radius 1 is 1.17 bits per heavy atom. The number of likely N-dealkylation sites (tertiary alicyclic amines) is 1. The standard InChI is InChI=1S/C30H39NO4/c1-4-31-16-28(3)11-10-24(35-27(34)18-8-6-5-7-9-18)30-22(28)12-19(25(30)31)14-29-15-20(17(2)26(29)33)21(32)13-23(29)30/h5-9,19-26,32-33H,2,4,10-16H2,1,3H3/t19?,20-,21?,22?,23?,24?,25?,26-,28+,29?,30?/m1/s1. The summed E-state index contributed by atoms with van der Waals surface area (Å²) in [7, 11) is 0. The lowest BCUT2D eigenvalue weighted by molar-refractivity contribution is -0.257. The van der Waals surface area contributed by atoms with Crippen molar-refractivity contribution in [2.75, 3.05) is 13.1 Å². The summed E-state index contributed by atoms with van der Waals surface area (Å²) in [6.45, 7) is 11.1. The third kappa shape index (κ3) is 2.58. The van der Waals surface area contributed by atoms with Crippen LogP contribution in [0, 0.1) is 39.9 Å². The summed E-state index contributed by atoms with van der Waals surface area (Å²) < 4.78 is 6.56. The third-order valence-electron chi connectivity index (χ3n) is 12.0. The molecule has 11 atom stereocenters. The number of benzene rings is 1. The molecule has 1 aromatic carbocycles. The van der Waals surface area contributed by atoms with Crippen LogP contribution >= 0.6 is 0 Å². The maximum absolute atomic E-state index is 13.4. The van der Waals surface area contributed by atoms with E-state index in [2.05, 4.69) is 25.3 Å². The SMILES string of the molecule is C=C1[C@H]2CC3(CC4CC5C6(C(OC(=O)c7ccccc7)CC[C@@]5(C)CN(CC)C46)C3CC2O)[C@@H]1O. The van der Waals surface area contributed by atoms with Crippen LogP contribution in [0.1, 0.15) is 62.7 Å². The largest absolute Gasteiger partial charge is 0.458 e. The number of nitrogens with zero attached hydrogens (tertiary/aromatic N) is 1. The molecule has 35 heavy (non-hydrogen) atoms. The fraction of sp³-hybridized carbons (Fsp3) is 0.700. The van der Waals surface area contributed by atoms with Gasteiger partial charge in [-0.1, -0.05) is 38.6 Å². The van der Waals surface area contributed by atoms with E-state index in [1.165, 1.54) is 0 Å². The van der Waals surface area contributed by atoms with Gasteiger partial charge in [0.25, 0.3) is 0 Å². The van der Waals surface area contributed by atoms with Crippen molar-refractivity contribution < 1.29 is 19.7 Å². The van der Waals surface area contributed by atoms with Crippen LogP contribution in [0.2, 0.25) is 0 Å². The van der Waals surface area contributed by atoms with Crippen molar-refractivity contribution in [2.45, 2.75) is 76.7 Å². The van der Waals surface area contributed by atoms with Gasteiger partial charge in [0, 0.05) is 29.3 Å². The number of esters is 1. The fourth-order valence-electron chi connectivity index (χ4n) is 11.0. The number of aliphatic hydroxyl groups excluding tert-OH is 2. The lowest BCUT2D eigenvalue weighted by atomic mass is 9.40. The van der Waals surface area contributed by atoms with E-state index < -0.39 is 12.2 Å². The molecule has 5 nitrogen and oxygen atoms in total. The zero-order valence-corrected chi connectivity index (χ0v) is 21.0. The van der Waals surface area contributed by atoms with Gasteiger partial charge in [-0.05, 0) is 85.9 Å². The first-order chi connectivity index (χ1) is 16.8. The Kier molecular flexibility index (Phi) is 4.63. The number of hydrogen-bond acceptors (Lipinski definition) is 5. The molecule has 7 bridgehead atoms. The van der Waals surface area contributed by atoms with Gasteiger partial charge in [-0.2, -0.15) is 0 Å². The van der Waals surface area contributed by atoms with Gasteiger partial charge in [0.15, 0.2) is 0 Å². The first-order valence-electron chi connectivity index (χ1n) is 13.8. The number of piperidine rings is 1. The first kappa shape index (κ1) is 22.5. The predicted octanol–water partition coefficient (Wildman–Crippen LogP) is 4.05. The van der Waals surface area contributed by atoms with E-state index in [0.717, 1.165) is 50.8 Å². The molecule has 6 fully saturated rings. The van der Waals surface area contributed by atoms with Crippen LogP contribution in [0.3, 0.4) is 0 Å². The van der Waals surface area contributed by atoms with Crippen molar-refractivity contribution in [3.05, 3.63) is 48.0 Å². The smallest absolute Gasteiger partial charge is 0.338 e.